The second-order valence-electron chi connectivity index (χ2n) is 2.06. The van der Waals surface area contributed by atoms with Crippen LogP contribution in [0.2, 0.25) is 0 Å². The van der Waals surface area contributed by atoms with Gasteiger partial charge in [-0.25, -0.2) is 0 Å². The third-order valence-electron chi connectivity index (χ3n) is 1.31. The molecule has 0 aromatic heterocycles. The van der Waals surface area contributed by atoms with Gasteiger partial charge in [0.05, 0.1) is 0 Å². The van der Waals surface area contributed by atoms with E-state index in [4.69, 9.17) is 0 Å². The van der Waals surface area contributed by atoms with Gasteiger partial charge in [-0.3, -0.25) is 4.79 Å². The normalized spacial score (nSPS) is 12.4. The van der Waals surface area contributed by atoms with Crippen LogP contribution in [-0.2, 0) is 4.79 Å². The van der Waals surface area contributed by atoms with Crippen molar-refractivity contribution in [3.63, 3.8) is 0 Å². The van der Waals surface area contributed by atoms with Crippen molar-refractivity contribution in [2.75, 3.05) is 0 Å². The molecule has 0 saturated heterocycles. The van der Waals surface area contributed by atoms with Crippen LogP contribution in [0, 0.1) is 0 Å². The van der Waals surface area contributed by atoms with Crippen molar-refractivity contribution in [1.82, 2.24) is 0 Å². The lowest BCUT2D eigenvalue weighted by molar-refractivity contribution is -0.105. The van der Waals surface area contributed by atoms with Crippen molar-refractivity contribution in [2.45, 2.75) is 26.7 Å². The fourth-order valence-corrected chi connectivity index (χ4v) is 0.631. The van der Waals surface area contributed by atoms with Gasteiger partial charge in [-0.2, -0.15) is 0 Å². The molecule has 0 aliphatic rings. The van der Waals surface area contributed by atoms with Crippen LogP contribution in [0.5, 0.6) is 0 Å². The molecule has 1 heteroatoms. The molecule has 0 aromatic carbocycles. The molecule has 0 aromatic rings. The Labute approximate surface area is 62.4 Å². The molecule has 56 valence electrons. The topological polar surface area (TPSA) is 17.1 Å². The van der Waals surface area contributed by atoms with Gasteiger partial charge < -0.3 is 0 Å². The van der Waals surface area contributed by atoms with E-state index in [2.05, 4.69) is 0 Å². The summed E-state index contributed by atoms with van der Waals surface area (Å²) in [4.78, 5) is 10.2. The Bertz CT molecular complexity index is 143. The summed E-state index contributed by atoms with van der Waals surface area (Å²) in [5.41, 5.74) is 0.887. The average Bonchev–Trinajstić information content (AvgIpc) is 1.99. The first-order valence-electron chi connectivity index (χ1n) is 3.60. The van der Waals surface area contributed by atoms with Gasteiger partial charge in [0.1, 0.15) is 6.29 Å². The third-order valence-corrected chi connectivity index (χ3v) is 1.31. The second-order valence-corrected chi connectivity index (χ2v) is 2.06. The lowest BCUT2D eigenvalue weighted by Crippen LogP contribution is -1.79. The molecule has 1 nitrogen and oxygen atoms in total. The Balaban J connectivity index is 3.74. The van der Waals surface area contributed by atoms with Crippen LogP contribution in [0.3, 0.4) is 0 Å². The number of rotatable bonds is 4. The zero-order valence-corrected chi connectivity index (χ0v) is 6.63. The van der Waals surface area contributed by atoms with Gasteiger partial charge in [-0.1, -0.05) is 25.2 Å². The Morgan fingerprint density at radius 3 is 2.60 bits per heavy atom. The van der Waals surface area contributed by atoms with E-state index in [1.54, 1.807) is 0 Å². The molecule has 0 atom stereocenters. The predicted octanol–water partition coefficient (Wildman–Crippen LogP) is 2.49. The van der Waals surface area contributed by atoms with E-state index in [1.807, 2.05) is 32.1 Å². The number of carbonyl (C=O) groups excluding carboxylic acids is 1. The standard InChI is InChI=1S/C9H14O/c1-3-5-6-7-9(4-2)8-10/h3,5,7-8H,4,6H2,1-2H3/b5-3+,9-7+. The fourth-order valence-electron chi connectivity index (χ4n) is 0.631. The van der Waals surface area contributed by atoms with Gasteiger partial charge in [-0.15, -0.1) is 0 Å². The summed E-state index contributed by atoms with van der Waals surface area (Å²) in [6.45, 7) is 3.95. The van der Waals surface area contributed by atoms with Crippen LogP contribution >= 0.6 is 0 Å². The Morgan fingerprint density at radius 1 is 1.50 bits per heavy atom. The molecule has 0 aliphatic carbocycles. The molecule has 0 fully saturated rings. The summed E-state index contributed by atoms with van der Waals surface area (Å²) >= 11 is 0. The molecule has 0 rings (SSSR count). The average molecular weight is 138 g/mol. The summed E-state index contributed by atoms with van der Waals surface area (Å²) in [5, 5.41) is 0. The summed E-state index contributed by atoms with van der Waals surface area (Å²) in [7, 11) is 0. The smallest absolute Gasteiger partial charge is 0.145 e. The lowest BCUT2D eigenvalue weighted by Gasteiger charge is -1.88. The summed E-state index contributed by atoms with van der Waals surface area (Å²) < 4.78 is 0. The maximum absolute atomic E-state index is 10.2. The molecular formula is C9H14O. The van der Waals surface area contributed by atoms with Crippen LogP contribution in [0.15, 0.2) is 23.8 Å². The monoisotopic (exact) mass is 138 g/mol. The molecule has 0 radical (unpaired) electrons. The number of allylic oxidation sites excluding steroid dienone is 4. The molecule has 0 N–H and O–H groups in total. The van der Waals surface area contributed by atoms with Crippen LogP contribution in [0.4, 0.5) is 0 Å². The Morgan fingerprint density at radius 2 is 2.20 bits per heavy atom. The highest BCUT2D eigenvalue weighted by Crippen LogP contribution is 1.98. The van der Waals surface area contributed by atoms with Crippen molar-refractivity contribution in [3.05, 3.63) is 23.8 Å². The van der Waals surface area contributed by atoms with E-state index in [1.165, 1.54) is 0 Å². The molecule has 0 unspecified atom stereocenters. The third kappa shape index (κ3) is 4.07. The van der Waals surface area contributed by atoms with E-state index >= 15 is 0 Å². The van der Waals surface area contributed by atoms with Gasteiger partial charge in [0, 0.05) is 0 Å². The van der Waals surface area contributed by atoms with Gasteiger partial charge in [0.2, 0.25) is 0 Å². The predicted molar refractivity (Wildman–Crippen MR) is 43.9 cm³/mol. The highest BCUT2D eigenvalue weighted by atomic mass is 16.1. The number of hydrogen-bond donors (Lipinski definition) is 0. The fraction of sp³-hybridized carbons (Fsp3) is 0.444. The summed E-state index contributed by atoms with van der Waals surface area (Å²) in [6.07, 6.45) is 8.59. The highest BCUT2D eigenvalue weighted by molar-refractivity contribution is 5.72. The Hall–Kier alpha value is -0.850. The largest absolute Gasteiger partial charge is 0.298 e. The van der Waals surface area contributed by atoms with Gasteiger partial charge in [-0.05, 0) is 25.3 Å². The van der Waals surface area contributed by atoms with Gasteiger partial charge in [0.15, 0.2) is 0 Å². The van der Waals surface area contributed by atoms with Crippen molar-refractivity contribution in [2.24, 2.45) is 0 Å². The quantitative estimate of drug-likeness (QED) is 0.331. The van der Waals surface area contributed by atoms with Crippen LogP contribution in [0.25, 0.3) is 0 Å². The Kier molecular flexibility index (Phi) is 5.74. The van der Waals surface area contributed by atoms with Gasteiger partial charge >= 0.3 is 0 Å². The van der Waals surface area contributed by atoms with Crippen molar-refractivity contribution in [3.8, 4) is 0 Å². The molecule has 0 saturated carbocycles. The molecule has 10 heavy (non-hydrogen) atoms. The van der Waals surface area contributed by atoms with E-state index in [9.17, 15) is 4.79 Å². The first-order valence-corrected chi connectivity index (χ1v) is 3.60. The van der Waals surface area contributed by atoms with Crippen LogP contribution in [0.1, 0.15) is 26.7 Å². The minimum absolute atomic E-state index is 0.834. The van der Waals surface area contributed by atoms with Crippen molar-refractivity contribution >= 4 is 6.29 Å². The summed E-state index contributed by atoms with van der Waals surface area (Å²) in [6, 6.07) is 0. The lowest BCUT2D eigenvalue weighted by atomic mass is 10.2. The summed E-state index contributed by atoms with van der Waals surface area (Å²) in [5.74, 6) is 0. The van der Waals surface area contributed by atoms with Crippen LogP contribution < -0.4 is 0 Å². The molecule has 0 amide bonds. The van der Waals surface area contributed by atoms with E-state index in [0.717, 1.165) is 24.7 Å². The zero-order chi connectivity index (χ0) is 7.82. The first kappa shape index (κ1) is 9.15. The molecular weight excluding hydrogens is 124 g/mol. The van der Waals surface area contributed by atoms with Crippen molar-refractivity contribution < 1.29 is 4.79 Å². The first-order chi connectivity index (χ1) is 4.85. The van der Waals surface area contributed by atoms with Crippen molar-refractivity contribution in [1.29, 1.82) is 0 Å². The maximum Gasteiger partial charge on any atom is 0.145 e. The van der Waals surface area contributed by atoms with E-state index < -0.39 is 0 Å². The maximum atomic E-state index is 10.2. The molecule has 0 aliphatic heterocycles. The SMILES string of the molecule is C/C=C/C/C=C(/C=O)CC. The molecule has 0 heterocycles. The van der Waals surface area contributed by atoms with Gasteiger partial charge in [0.25, 0.3) is 0 Å². The van der Waals surface area contributed by atoms with Crippen LogP contribution in [-0.4, -0.2) is 6.29 Å². The number of carbonyl (C=O) groups is 1. The minimum atomic E-state index is 0.834. The van der Waals surface area contributed by atoms with E-state index in [0.29, 0.717) is 0 Å². The number of aldehydes is 1. The minimum Gasteiger partial charge on any atom is -0.298 e. The zero-order valence-electron chi connectivity index (χ0n) is 6.63. The highest BCUT2D eigenvalue weighted by Gasteiger charge is 1.86. The molecule has 0 spiro atoms. The molecule has 0 bridgehead atoms. The second kappa shape index (κ2) is 6.27. The number of hydrogen-bond acceptors (Lipinski definition) is 1. The van der Waals surface area contributed by atoms with E-state index in [-0.39, 0.29) is 0 Å².